The van der Waals surface area contributed by atoms with Crippen LogP contribution in [-0.2, 0) is 0 Å². The maximum atomic E-state index is 10.6. The van der Waals surface area contributed by atoms with Crippen LogP contribution in [0.2, 0.25) is 0 Å². The molecule has 74 valence electrons. The molecule has 2 nitrogen and oxygen atoms in total. The van der Waals surface area contributed by atoms with Crippen LogP contribution in [0.15, 0.2) is 36.4 Å². The average molecular weight is 190 g/mol. The van der Waals surface area contributed by atoms with Gasteiger partial charge in [0.25, 0.3) is 0 Å². The van der Waals surface area contributed by atoms with Crippen molar-refractivity contribution < 1.29 is 9.53 Å². The monoisotopic (exact) mass is 190 g/mol. The first-order chi connectivity index (χ1) is 6.74. The number of aldehydes is 1. The molecular weight excluding hydrogens is 176 g/mol. The van der Waals surface area contributed by atoms with Gasteiger partial charge in [-0.15, -0.1) is 6.58 Å². The van der Waals surface area contributed by atoms with Crippen LogP contribution in [0, 0.1) is 0 Å². The van der Waals surface area contributed by atoms with Crippen LogP contribution in [0.5, 0.6) is 5.75 Å². The van der Waals surface area contributed by atoms with Crippen molar-refractivity contribution in [1.29, 1.82) is 0 Å². The summed E-state index contributed by atoms with van der Waals surface area (Å²) in [7, 11) is 0. The molecule has 0 saturated heterocycles. The van der Waals surface area contributed by atoms with Gasteiger partial charge in [0.15, 0.2) is 6.29 Å². The molecule has 0 unspecified atom stereocenters. The van der Waals surface area contributed by atoms with Crippen LogP contribution >= 0.6 is 0 Å². The van der Waals surface area contributed by atoms with E-state index in [1.165, 1.54) is 0 Å². The van der Waals surface area contributed by atoms with Gasteiger partial charge in [0, 0.05) is 6.42 Å². The van der Waals surface area contributed by atoms with Gasteiger partial charge < -0.3 is 4.74 Å². The zero-order chi connectivity index (χ0) is 10.4. The Balaban J connectivity index is 2.57. The Labute approximate surface area is 84.2 Å². The lowest BCUT2D eigenvalue weighted by atomic mass is 10.2. The predicted molar refractivity (Wildman–Crippen MR) is 56.8 cm³/mol. The highest BCUT2D eigenvalue weighted by Gasteiger charge is 2.00. The smallest absolute Gasteiger partial charge is 0.153 e. The van der Waals surface area contributed by atoms with Crippen LogP contribution in [0.3, 0.4) is 0 Å². The van der Waals surface area contributed by atoms with E-state index < -0.39 is 0 Å². The number of carbonyl (C=O) groups is 1. The lowest BCUT2D eigenvalue weighted by Gasteiger charge is -2.07. The molecule has 0 spiro atoms. The second-order valence-corrected chi connectivity index (χ2v) is 3.21. The van der Waals surface area contributed by atoms with Crippen molar-refractivity contribution in [2.75, 3.05) is 6.61 Å². The van der Waals surface area contributed by atoms with E-state index in [-0.39, 0.29) is 0 Å². The molecule has 1 aromatic carbocycles. The van der Waals surface area contributed by atoms with Gasteiger partial charge in [-0.1, -0.05) is 17.7 Å². The van der Waals surface area contributed by atoms with Crippen molar-refractivity contribution in [3.05, 3.63) is 42.0 Å². The largest absolute Gasteiger partial charge is 0.493 e. The first-order valence-electron chi connectivity index (χ1n) is 4.55. The SMILES string of the molecule is C=C(C)CCOc1ccccc1C=O. The van der Waals surface area contributed by atoms with Crippen LogP contribution in [0.1, 0.15) is 23.7 Å². The van der Waals surface area contributed by atoms with Crippen LogP contribution in [0.25, 0.3) is 0 Å². The molecule has 0 aromatic heterocycles. The normalized spacial score (nSPS) is 9.50. The molecule has 14 heavy (non-hydrogen) atoms. The van der Waals surface area contributed by atoms with Gasteiger partial charge in [0.05, 0.1) is 12.2 Å². The van der Waals surface area contributed by atoms with Gasteiger partial charge in [-0.3, -0.25) is 4.79 Å². The Hall–Kier alpha value is -1.57. The molecule has 0 radical (unpaired) electrons. The number of carbonyl (C=O) groups excluding carboxylic acids is 1. The summed E-state index contributed by atoms with van der Waals surface area (Å²) in [6.07, 6.45) is 1.61. The Morgan fingerprint density at radius 3 is 2.86 bits per heavy atom. The molecule has 0 atom stereocenters. The molecule has 2 heteroatoms. The second-order valence-electron chi connectivity index (χ2n) is 3.21. The Kier molecular flexibility index (Phi) is 3.92. The van der Waals surface area contributed by atoms with Crippen molar-refractivity contribution in [2.24, 2.45) is 0 Å². The maximum Gasteiger partial charge on any atom is 0.153 e. The maximum absolute atomic E-state index is 10.6. The third-order valence-corrected chi connectivity index (χ3v) is 1.83. The minimum Gasteiger partial charge on any atom is -0.493 e. The van der Waals surface area contributed by atoms with Crippen molar-refractivity contribution in [3.63, 3.8) is 0 Å². The van der Waals surface area contributed by atoms with Crippen molar-refractivity contribution in [1.82, 2.24) is 0 Å². The third-order valence-electron chi connectivity index (χ3n) is 1.83. The minimum absolute atomic E-state index is 0.570. The van der Waals surface area contributed by atoms with Crippen molar-refractivity contribution in [2.45, 2.75) is 13.3 Å². The van der Waals surface area contributed by atoms with Gasteiger partial charge in [-0.2, -0.15) is 0 Å². The number of rotatable bonds is 5. The fourth-order valence-corrected chi connectivity index (χ4v) is 1.04. The molecule has 0 aliphatic heterocycles. The zero-order valence-corrected chi connectivity index (χ0v) is 8.32. The number of hydrogen-bond acceptors (Lipinski definition) is 2. The van der Waals surface area contributed by atoms with E-state index in [0.717, 1.165) is 18.3 Å². The Morgan fingerprint density at radius 2 is 2.21 bits per heavy atom. The summed E-state index contributed by atoms with van der Waals surface area (Å²) in [4.78, 5) is 10.6. The number of para-hydroxylation sites is 1. The van der Waals surface area contributed by atoms with E-state index in [4.69, 9.17) is 4.74 Å². The van der Waals surface area contributed by atoms with Gasteiger partial charge in [-0.05, 0) is 19.1 Å². The predicted octanol–water partition coefficient (Wildman–Crippen LogP) is 2.84. The summed E-state index contributed by atoms with van der Waals surface area (Å²) < 4.78 is 5.45. The fraction of sp³-hybridized carbons (Fsp3) is 0.250. The molecule has 0 N–H and O–H groups in total. The summed E-state index contributed by atoms with van der Waals surface area (Å²) in [5, 5.41) is 0. The second kappa shape index (κ2) is 5.22. The van der Waals surface area contributed by atoms with Crippen molar-refractivity contribution >= 4 is 6.29 Å². The molecule has 0 amide bonds. The van der Waals surface area contributed by atoms with Gasteiger partial charge in [-0.25, -0.2) is 0 Å². The summed E-state index contributed by atoms with van der Waals surface area (Å²) in [5.41, 5.74) is 1.67. The molecule has 1 aromatic rings. The van der Waals surface area contributed by atoms with E-state index >= 15 is 0 Å². The highest BCUT2D eigenvalue weighted by atomic mass is 16.5. The summed E-state index contributed by atoms with van der Waals surface area (Å²) in [6, 6.07) is 7.20. The molecule has 0 heterocycles. The molecule has 0 aliphatic carbocycles. The standard InChI is InChI=1S/C12H14O2/c1-10(2)7-8-14-12-6-4-3-5-11(12)9-13/h3-6,9H,1,7-8H2,2H3. The molecule has 0 aliphatic rings. The topological polar surface area (TPSA) is 26.3 Å². The van der Waals surface area contributed by atoms with E-state index in [1.54, 1.807) is 12.1 Å². The van der Waals surface area contributed by atoms with E-state index in [0.29, 0.717) is 17.9 Å². The van der Waals surface area contributed by atoms with Gasteiger partial charge in [0.2, 0.25) is 0 Å². The van der Waals surface area contributed by atoms with Crippen molar-refractivity contribution in [3.8, 4) is 5.75 Å². The Bertz CT molecular complexity index is 329. The molecule has 0 fully saturated rings. The first kappa shape index (κ1) is 10.5. The van der Waals surface area contributed by atoms with Crippen LogP contribution < -0.4 is 4.74 Å². The number of ether oxygens (including phenoxy) is 1. The molecule has 0 saturated carbocycles. The summed E-state index contributed by atoms with van der Waals surface area (Å²) in [6.45, 7) is 6.30. The lowest BCUT2D eigenvalue weighted by molar-refractivity contribution is 0.111. The third kappa shape index (κ3) is 3.05. The molecule has 1 rings (SSSR count). The summed E-state index contributed by atoms with van der Waals surface area (Å²) >= 11 is 0. The van der Waals surface area contributed by atoms with E-state index in [9.17, 15) is 4.79 Å². The van der Waals surface area contributed by atoms with E-state index in [1.807, 2.05) is 19.1 Å². The highest BCUT2D eigenvalue weighted by Crippen LogP contribution is 2.16. The lowest BCUT2D eigenvalue weighted by Crippen LogP contribution is -1.99. The highest BCUT2D eigenvalue weighted by molar-refractivity contribution is 5.79. The van der Waals surface area contributed by atoms with Crippen LogP contribution in [-0.4, -0.2) is 12.9 Å². The van der Waals surface area contributed by atoms with Gasteiger partial charge in [0.1, 0.15) is 5.75 Å². The van der Waals surface area contributed by atoms with Crippen LogP contribution in [0.4, 0.5) is 0 Å². The number of benzene rings is 1. The Morgan fingerprint density at radius 1 is 1.50 bits per heavy atom. The average Bonchev–Trinajstić information content (AvgIpc) is 2.18. The summed E-state index contributed by atoms with van der Waals surface area (Å²) in [5.74, 6) is 0.642. The molecular formula is C12H14O2. The molecule has 0 bridgehead atoms. The number of hydrogen-bond donors (Lipinski definition) is 0. The van der Waals surface area contributed by atoms with Gasteiger partial charge >= 0.3 is 0 Å². The zero-order valence-electron chi connectivity index (χ0n) is 8.32. The van der Waals surface area contributed by atoms with E-state index in [2.05, 4.69) is 6.58 Å². The fourth-order valence-electron chi connectivity index (χ4n) is 1.04. The minimum atomic E-state index is 0.570. The first-order valence-corrected chi connectivity index (χ1v) is 4.55. The quantitative estimate of drug-likeness (QED) is 0.527.